The van der Waals surface area contributed by atoms with Gasteiger partial charge in [-0.1, -0.05) is 33.1 Å². The molecule has 20 heavy (non-hydrogen) atoms. The molecule has 0 saturated carbocycles. The molecule has 0 bridgehead atoms. The van der Waals surface area contributed by atoms with E-state index in [4.69, 9.17) is 5.84 Å². The third kappa shape index (κ3) is 4.61. The number of nitro groups is 1. The Hall–Kier alpha value is -1.96. The van der Waals surface area contributed by atoms with Crippen molar-refractivity contribution >= 4 is 17.5 Å². The van der Waals surface area contributed by atoms with Crippen LogP contribution in [0, 0.1) is 10.1 Å². The second-order valence-corrected chi connectivity index (χ2v) is 4.60. The van der Waals surface area contributed by atoms with Crippen LogP contribution in [-0.4, -0.2) is 20.9 Å². The van der Waals surface area contributed by atoms with E-state index in [0.717, 1.165) is 38.3 Å². The van der Waals surface area contributed by atoms with E-state index in [1.54, 1.807) is 0 Å². The highest BCUT2D eigenvalue weighted by Gasteiger charge is 2.19. The monoisotopic (exact) mass is 282 g/mol. The van der Waals surface area contributed by atoms with Gasteiger partial charge in [0.05, 0.1) is 4.92 Å². The van der Waals surface area contributed by atoms with Crippen LogP contribution in [0.25, 0.3) is 0 Å². The number of hydrazine groups is 1. The Kier molecular flexibility index (Phi) is 6.65. The van der Waals surface area contributed by atoms with Crippen LogP contribution in [0.2, 0.25) is 0 Å². The number of rotatable bonds is 9. The van der Waals surface area contributed by atoms with Crippen LogP contribution < -0.4 is 16.6 Å². The van der Waals surface area contributed by atoms with E-state index >= 15 is 0 Å². The SMILES string of the molecule is CCCCC(CCC)Nc1nc(NN)ncc1[N+](=O)[O-]. The molecule has 1 aromatic heterocycles. The fraction of sp³-hybridized carbons (Fsp3) is 0.667. The molecule has 0 aliphatic carbocycles. The van der Waals surface area contributed by atoms with Gasteiger partial charge in [0.2, 0.25) is 11.8 Å². The third-order valence-electron chi connectivity index (χ3n) is 2.98. The predicted molar refractivity (Wildman–Crippen MR) is 78.3 cm³/mol. The molecule has 8 nitrogen and oxygen atoms in total. The number of nitrogens with one attached hydrogen (secondary N) is 2. The van der Waals surface area contributed by atoms with Crippen molar-refractivity contribution in [3.8, 4) is 0 Å². The Morgan fingerprint density at radius 2 is 2.15 bits per heavy atom. The zero-order valence-electron chi connectivity index (χ0n) is 11.9. The molecular formula is C12H22N6O2. The van der Waals surface area contributed by atoms with Crippen LogP contribution in [0.1, 0.15) is 46.0 Å². The maximum Gasteiger partial charge on any atom is 0.329 e. The summed E-state index contributed by atoms with van der Waals surface area (Å²) in [6.07, 6.45) is 6.21. The van der Waals surface area contributed by atoms with Crippen molar-refractivity contribution in [3.63, 3.8) is 0 Å². The smallest absolute Gasteiger partial charge is 0.329 e. The van der Waals surface area contributed by atoms with Gasteiger partial charge in [0.15, 0.2) is 0 Å². The Balaban J connectivity index is 2.93. The second-order valence-electron chi connectivity index (χ2n) is 4.60. The van der Waals surface area contributed by atoms with Crippen molar-refractivity contribution in [1.29, 1.82) is 0 Å². The fourth-order valence-corrected chi connectivity index (χ4v) is 1.97. The fourth-order valence-electron chi connectivity index (χ4n) is 1.97. The predicted octanol–water partition coefficient (Wildman–Crippen LogP) is 2.44. The lowest BCUT2D eigenvalue weighted by Gasteiger charge is -2.18. The lowest BCUT2D eigenvalue weighted by Crippen LogP contribution is -2.22. The average Bonchev–Trinajstić information content (AvgIpc) is 2.44. The topological polar surface area (TPSA) is 119 Å². The highest BCUT2D eigenvalue weighted by atomic mass is 16.6. The molecule has 0 aromatic carbocycles. The average molecular weight is 282 g/mol. The van der Waals surface area contributed by atoms with Crippen molar-refractivity contribution in [3.05, 3.63) is 16.3 Å². The summed E-state index contributed by atoms with van der Waals surface area (Å²) in [6.45, 7) is 4.20. The summed E-state index contributed by atoms with van der Waals surface area (Å²) in [4.78, 5) is 18.3. The van der Waals surface area contributed by atoms with Gasteiger partial charge < -0.3 is 5.32 Å². The van der Waals surface area contributed by atoms with Crippen LogP contribution >= 0.6 is 0 Å². The highest BCUT2D eigenvalue weighted by Crippen LogP contribution is 2.24. The molecule has 4 N–H and O–H groups in total. The molecule has 0 radical (unpaired) electrons. The van der Waals surface area contributed by atoms with E-state index in [1.807, 2.05) is 0 Å². The standard InChI is InChI=1S/C12H22N6O2/c1-3-5-7-9(6-4-2)15-11-10(18(19)20)8-14-12(16-11)17-13/h8-9H,3-7,13H2,1-2H3,(H2,14,15,16,17). The first-order valence-corrected chi connectivity index (χ1v) is 6.86. The Bertz CT molecular complexity index is 440. The van der Waals surface area contributed by atoms with Gasteiger partial charge in [-0.3, -0.25) is 15.5 Å². The first kappa shape index (κ1) is 16.1. The third-order valence-corrected chi connectivity index (χ3v) is 2.98. The van der Waals surface area contributed by atoms with E-state index in [-0.39, 0.29) is 23.5 Å². The van der Waals surface area contributed by atoms with Gasteiger partial charge in [0.1, 0.15) is 6.20 Å². The Labute approximate surface area is 118 Å². The van der Waals surface area contributed by atoms with Crippen molar-refractivity contribution in [1.82, 2.24) is 9.97 Å². The quantitative estimate of drug-likeness (QED) is 0.361. The highest BCUT2D eigenvalue weighted by molar-refractivity contribution is 5.57. The van der Waals surface area contributed by atoms with Crippen LogP contribution in [0.5, 0.6) is 0 Å². The number of nitrogen functional groups attached to an aromatic ring is 1. The number of aromatic nitrogens is 2. The number of hydrogen-bond acceptors (Lipinski definition) is 7. The summed E-state index contributed by atoms with van der Waals surface area (Å²) in [5, 5.41) is 14.2. The molecule has 1 heterocycles. The molecule has 1 unspecified atom stereocenters. The van der Waals surface area contributed by atoms with Crippen molar-refractivity contribution in [2.24, 2.45) is 5.84 Å². The van der Waals surface area contributed by atoms with Crippen LogP contribution in [0.3, 0.4) is 0 Å². The zero-order chi connectivity index (χ0) is 15.0. The number of unbranched alkanes of at least 4 members (excludes halogenated alkanes) is 1. The second kappa shape index (κ2) is 8.26. The van der Waals surface area contributed by atoms with Gasteiger partial charge in [0.25, 0.3) is 0 Å². The van der Waals surface area contributed by atoms with Crippen molar-refractivity contribution < 1.29 is 4.92 Å². The Morgan fingerprint density at radius 1 is 1.40 bits per heavy atom. The minimum atomic E-state index is -0.495. The zero-order valence-corrected chi connectivity index (χ0v) is 11.9. The number of nitrogens with zero attached hydrogens (tertiary/aromatic N) is 3. The number of nitrogens with two attached hydrogens (primary N) is 1. The van der Waals surface area contributed by atoms with Gasteiger partial charge in [-0.05, 0) is 12.8 Å². The summed E-state index contributed by atoms with van der Waals surface area (Å²) in [7, 11) is 0. The molecule has 0 fully saturated rings. The van der Waals surface area contributed by atoms with Gasteiger partial charge in [-0.25, -0.2) is 10.8 Å². The normalized spacial score (nSPS) is 11.9. The molecule has 8 heteroatoms. The molecule has 0 spiro atoms. The van der Waals surface area contributed by atoms with Crippen molar-refractivity contribution in [2.45, 2.75) is 52.0 Å². The molecule has 0 saturated heterocycles. The molecule has 0 aliphatic heterocycles. The first-order valence-electron chi connectivity index (χ1n) is 6.86. The van der Waals surface area contributed by atoms with Crippen LogP contribution in [0.4, 0.5) is 17.5 Å². The lowest BCUT2D eigenvalue weighted by atomic mass is 10.1. The molecule has 112 valence electrons. The molecule has 0 aliphatic rings. The van der Waals surface area contributed by atoms with Gasteiger partial charge in [-0.15, -0.1) is 0 Å². The van der Waals surface area contributed by atoms with Gasteiger partial charge in [0, 0.05) is 6.04 Å². The van der Waals surface area contributed by atoms with Gasteiger partial charge in [-0.2, -0.15) is 4.98 Å². The largest absolute Gasteiger partial charge is 0.361 e. The minimum absolute atomic E-state index is 0.137. The number of hydrogen-bond donors (Lipinski definition) is 3. The van der Waals surface area contributed by atoms with E-state index in [1.165, 1.54) is 0 Å². The molecule has 0 amide bonds. The maximum absolute atomic E-state index is 11.0. The summed E-state index contributed by atoms with van der Waals surface area (Å²) in [6, 6.07) is 0.166. The number of anilines is 2. The first-order chi connectivity index (χ1) is 9.62. The summed E-state index contributed by atoms with van der Waals surface area (Å²) in [5.41, 5.74) is 2.16. The molecular weight excluding hydrogens is 260 g/mol. The summed E-state index contributed by atoms with van der Waals surface area (Å²) >= 11 is 0. The van der Waals surface area contributed by atoms with Crippen LogP contribution in [0.15, 0.2) is 6.20 Å². The molecule has 1 aromatic rings. The Morgan fingerprint density at radius 3 is 2.70 bits per heavy atom. The van der Waals surface area contributed by atoms with Crippen molar-refractivity contribution in [2.75, 3.05) is 10.7 Å². The summed E-state index contributed by atoms with van der Waals surface area (Å²) in [5.74, 6) is 5.61. The maximum atomic E-state index is 11.0. The van der Waals surface area contributed by atoms with E-state index < -0.39 is 4.92 Å². The van der Waals surface area contributed by atoms with Gasteiger partial charge >= 0.3 is 5.69 Å². The molecule has 1 rings (SSSR count). The van der Waals surface area contributed by atoms with E-state index in [2.05, 4.69) is 34.6 Å². The van der Waals surface area contributed by atoms with E-state index in [9.17, 15) is 10.1 Å². The van der Waals surface area contributed by atoms with E-state index in [0.29, 0.717) is 0 Å². The lowest BCUT2D eigenvalue weighted by molar-refractivity contribution is -0.384. The summed E-state index contributed by atoms with van der Waals surface area (Å²) < 4.78 is 0. The minimum Gasteiger partial charge on any atom is -0.361 e. The molecule has 1 atom stereocenters. The van der Waals surface area contributed by atoms with Crippen LogP contribution in [-0.2, 0) is 0 Å².